The van der Waals surface area contributed by atoms with Gasteiger partial charge in [-0.15, -0.1) is 0 Å². The smallest absolute Gasteiger partial charge is 0.236 e. The minimum atomic E-state index is 0.303. The van der Waals surface area contributed by atoms with Crippen molar-refractivity contribution in [3.05, 3.63) is 0 Å². The van der Waals surface area contributed by atoms with Crippen LogP contribution in [-0.2, 0) is 4.79 Å². The number of carbonyl (C=O) groups is 1. The molecule has 17 heavy (non-hydrogen) atoms. The summed E-state index contributed by atoms with van der Waals surface area (Å²) >= 11 is 1.96. The van der Waals surface area contributed by atoms with Crippen LogP contribution in [0.1, 0.15) is 38.5 Å². The van der Waals surface area contributed by atoms with Crippen LogP contribution in [0.5, 0.6) is 0 Å². The van der Waals surface area contributed by atoms with Crippen LogP contribution in [0.15, 0.2) is 0 Å². The fourth-order valence-corrected chi connectivity index (χ4v) is 3.62. The van der Waals surface area contributed by atoms with Gasteiger partial charge in [0.25, 0.3) is 0 Å². The number of nitrogens with one attached hydrogen (secondary N) is 1. The summed E-state index contributed by atoms with van der Waals surface area (Å²) in [7, 11) is 0. The minimum Gasteiger partial charge on any atom is -0.342 e. The van der Waals surface area contributed by atoms with E-state index in [2.05, 4.69) is 11.6 Å². The summed E-state index contributed by atoms with van der Waals surface area (Å²) < 4.78 is 0. The number of piperidine rings is 1. The van der Waals surface area contributed by atoms with Crippen molar-refractivity contribution in [1.82, 2.24) is 10.2 Å². The number of amides is 1. The maximum Gasteiger partial charge on any atom is 0.236 e. The van der Waals surface area contributed by atoms with Crippen molar-refractivity contribution < 1.29 is 4.79 Å². The number of nitrogens with zero attached hydrogens (tertiary/aromatic N) is 1. The zero-order valence-electron chi connectivity index (χ0n) is 10.8. The molecule has 2 atom stereocenters. The van der Waals surface area contributed by atoms with E-state index >= 15 is 0 Å². The highest BCUT2D eigenvalue weighted by Crippen LogP contribution is 2.27. The van der Waals surface area contributed by atoms with E-state index in [4.69, 9.17) is 0 Å². The second-order valence-electron chi connectivity index (χ2n) is 5.19. The van der Waals surface area contributed by atoms with Gasteiger partial charge in [0.15, 0.2) is 0 Å². The van der Waals surface area contributed by atoms with Crippen molar-refractivity contribution >= 4 is 17.7 Å². The topological polar surface area (TPSA) is 32.3 Å². The maximum atomic E-state index is 12.0. The van der Waals surface area contributed by atoms with E-state index in [1.807, 2.05) is 16.7 Å². The predicted molar refractivity (Wildman–Crippen MR) is 73.4 cm³/mol. The standard InChI is InChI=1S/C13H24N2OS/c1-17-12-6-5-11(9-12)14-10-13(16)15-7-3-2-4-8-15/h11-12,14H,2-10H2,1H3. The third-order valence-electron chi connectivity index (χ3n) is 3.97. The molecule has 2 fully saturated rings. The van der Waals surface area contributed by atoms with Gasteiger partial charge in [-0.25, -0.2) is 0 Å². The molecule has 0 bridgehead atoms. The number of rotatable bonds is 4. The van der Waals surface area contributed by atoms with E-state index in [0.717, 1.165) is 18.3 Å². The van der Waals surface area contributed by atoms with Crippen LogP contribution < -0.4 is 5.32 Å². The highest BCUT2D eigenvalue weighted by Gasteiger charge is 2.24. The first-order valence-corrected chi connectivity index (χ1v) is 8.12. The van der Waals surface area contributed by atoms with Gasteiger partial charge in [0, 0.05) is 24.4 Å². The molecular weight excluding hydrogens is 232 g/mol. The molecule has 3 nitrogen and oxygen atoms in total. The van der Waals surface area contributed by atoms with Gasteiger partial charge >= 0.3 is 0 Å². The highest BCUT2D eigenvalue weighted by atomic mass is 32.2. The Balaban J connectivity index is 1.65. The molecule has 2 unspecified atom stereocenters. The van der Waals surface area contributed by atoms with Gasteiger partial charge in [-0.2, -0.15) is 11.8 Å². The van der Waals surface area contributed by atoms with E-state index in [0.29, 0.717) is 18.5 Å². The van der Waals surface area contributed by atoms with Crippen LogP contribution >= 0.6 is 11.8 Å². The van der Waals surface area contributed by atoms with Crippen LogP contribution in [0.25, 0.3) is 0 Å². The van der Waals surface area contributed by atoms with Crippen molar-refractivity contribution in [1.29, 1.82) is 0 Å². The van der Waals surface area contributed by atoms with Crippen LogP contribution in [0, 0.1) is 0 Å². The number of hydrogen-bond donors (Lipinski definition) is 1. The molecule has 0 radical (unpaired) electrons. The molecule has 1 heterocycles. The van der Waals surface area contributed by atoms with E-state index in [1.54, 1.807) is 0 Å². The average molecular weight is 256 g/mol. The van der Waals surface area contributed by atoms with Crippen LogP contribution in [0.2, 0.25) is 0 Å². The molecule has 1 N–H and O–H groups in total. The third kappa shape index (κ3) is 3.88. The summed E-state index contributed by atoms with van der Waals surface area (Å²) in [5, 5.41) is 4.24. The fraction of sp³-hybridized carbons (Fsp3) is 0.923. The SMILES string of the molecule is CSC1CCC(NCC(=O)N2CCCCC2)C1. The predicted octanol–water partition coefficient (Wildman–Crippen LogP) is 1.87. The quantitative estimate of drug-likeness (QED) is 0.833. The van der Waals surface area contributed by atoms with Gasteiger partial charge in [0.05, 0.1) is 6.54 Å². The summed E-state index contributed by atoms with van der Waals surface area (Å²) in [5.74, 6) is 0.303. The van der Waals surface area contributed by atoms with Gasteiger partial charge in [-0.1, -0.05) is 0 Å². The molecule has 1 saturated carbocycles. The summed E-state index contributed by atoms with van der Waals surface area (Å²) in [6.45, 7) is 2.49. The van der Waals surface area contributed by atoms with Crippen molar-refractivity contribution in [2.45, 2.75) is 49.8 Å². The van der Waals surface area contributed by atoms with Crippen molar-refractivity contribution in [3.63, 3.8) is 0 Å². The summed E-state index contributed by atoms with van der Waals surface area (Å²) in [6.07, 6.45) is 9.61. The maximum absolute atomic E-state index is 12.0. The van der Waals surface area contributed by atoms with Crippen LogP contribution in [0.4, 0.5) is 0 Å². The lowest BCUT2D eigenvalue weighted by Gasteiger charge is -2.27. The summed E-state index contributed by atoms with van der Waals surface area (Å²) in [6, 6.07) is 0.571. The Kier molecular flexibility index (Phi) is 5.16. The van der Waals surface area contributed by atoms with E-state index in [1.165, 1.54) is 38.5 Å². The molecule has 1 amide bonds. The van der Waals surface area contributed by atoms with Crippen molar-refractivity contribution in [3.8, 4) is 0 Å². The molecule has 4 heteroatoms. The van der Waals surface area contributed by atoms with Crippen LogP contribution in [-0.4, -0.2) is 48.0 Å². The summed E-state index contributed by atoms with van der Waals surface area (Å²) in [5.41, 5.74) is 0. The zero-order chi connectivity index (χ0) is 12.1. The molecule has 0 aromatic rings. The Morgan fingerprint density at radius 3 is 2.71 bits per heavy atom. The van der Waals surface area contributed by atoms with Gasteiger partial charge < -0.3 is 10.2 Å². The van der Waals surface area contributed by atoms with Crippen molar-refractivity contribution in [2.75, 3.05) is 25.9 Å². The summed E-state index contributed by atoms with van der Waals surface area (Å²) in [4.78, 5) is 14.0. The Bertz CT molecular complexity index is 254. The minimum absolute atomic E-state index is 0.303. The molecule has 1 aliphatic carbocycles. The number of thioether (sulfide) groups is 1. The molecule has 0 aromatic carbocycles. The van der Waals surface area contributed by atoms with E-state index in [9.17, 15) is 4.79 Å². The normalized spacial score (nSPS) is 29.6. The van der Waals surface area contributed by atoms with Gasteiger partial charge in [-0.3, -0.25) is 4.79 Å². The number of likely N-dealkylation sites (tertiary alicyclic amines) is 1. The Morgan fingerprint density at radius 2 is 2.06 bits per heavy atom. The van der Waals surface area contributed by atoms with E-state index < -0.39 is 0 Å². The lowest BCUT2D eigenvalue weighted by Crippen LogP contribution is -2.43. The van der Waals surface area contributed by atoms with Gasteiger partial charge in [0.2, 0.25) is 5.91 Å². The molecule has 1 aliphatic heterocycles. The first-order valence-electron chi connectivity index (χ1n) is 6.83. The highest BCUT2D eigenvalue weighted by molar-refractivity contribution is 7.99. The lowest BCUT2D eigenvalue weighted by molar-refractivity contribution is -0.131. The largest absolute Gasteiger partial charge is 0.342 e. The third-order valence-corrected chi connectivity index (χ3v) is 5.06. The number of hydrogen-bond acceptors (Lipinski definition) is 3. The molecule has 98 valence electrons. The fourth-order valence-electron chi connectivity index (χ4n) is 2.83. The Labute approximate surface area is 109 Å². The second kappa shape index (κ2) is 6.64. The zero-order valence-corrected chi connectivity index (χ0v) is 11.6. The first-order chi connectivity index (χ1) is 8.29. The Morgan fingerprint density at radius 1 is 1.29 bits per heavy atom. The lowest BCUT2D eigenvalue weighted by atomic mass is 10.1. The first kappa shape index (κ1) is 13.2. The average Bonchev–Trinajstić information content (AvgIpc) is 2.85. The van der Waals surface area contributed by atoms with E-state index in [-0.39, 0.29) is 0 Å². The molecule has 0 aromatic heterocycles. The molecule has 0 spiro atoms. The van der Waals surface area contributed by atoms with Gasteiger partial charge in [-0.05, 0) is 44.8 Å². The van der Waals surface area contributed by atoms with Crippen LogP contribution in [0.3, 0.4) is 0 Å². The number of carbonyl (C=O) groups excluding carboxylic acids is 1. The second-order valence-corrected chi connectivity index (χ2v) is 6.33. The monoisotopic (exact) mass is 256 g/mol. The van der Waals surface area contributed by atoms with Gasteiger partial charge in [0.1, 0.15) is 0 Å². The molecule has 2 aliphatic rings. The molecule has 2 rings (SSSR count). The Hall–Kier alpha value is -0.220. The molecular formula is C13H24N2OS. The van der Waals surface area contributed by atoms with Crippen molar-refractivity contribution in [2.24, 2.45) is 0 Å². The molecule has 1 saturated heterocycles.